The van der Waals surface area contributed by atoms with Crippen LogP contribution in [0.4, 0.5) is 5.69 Å². The highest BCUT2D eigenvalue weighted by Crippen LogP contribution is 2.22. The molecule has 0 fully saturated rings. The summed E-state index contributed by atoms with van der Waals surface area (Å²) in [5.74, 6) is 0. The molecule has 1 aromatic carbocycles. The van der Waals surface area contributed by atoms with Crippen molar-refractivity contribution < 1.29 is 4.92 Å². The van der Waals surface area contributed by atoms with E-state index in [9.17, 15) is 10.1 Å². The number of benzene rings is 1. The van der Waals surface area contributed by atoms with E-state index in [1.54, 1.807) is 12.3 Å². The smallest absolute Gasteiger partial charge is 0.258 e. The second-order valence-corrected chi connectivity index (χ2v) is 3.02. The quantitative estimate of drug-likeness (QED) is 0.562. The fourth-order valence-electron chi connectivity index (χ4n) is 1.34. The van der Waals surface area contributed by atoms with E-state index in [1.807, 2.05) is 6.07 Å². The van der Waals surface area contributed by atoms with Crippen LogP contribution >= 0.6 is 0 Å². The zero-order valence-electron chi connectivity index (χ0n) is 8.07. The first-order valence-electron chi connectivity index (χ1n) is 4.41. The number of nitriles is 1. The highest BCUT2D eigenvalue weighted by atomic mass is 16.6. The molecule has 0 saturated heterocycles. The van der Waals surface area contributed by atoms with Crippen LogP contribution in [0.3, 0.4) is 0 Å². The lowest BCUT2D eigenvalue weighted by atomic mass is 10.2. The Labute approximate surface area is 90.5 Å². The number of nitro benzene ring substituents is 1. The van der Waals surface area contributed by atoms with Crippen LogP contribution in [0.15, 0.2) is 36.7 Å². The SMILES string of the molecule is N#Cc1ccc([N+](=O)[O-])c(-n2cccn2)c1. The molecule has 0 unspecified atom stereocenters. The standard InChI is InChI=1S/C10H6N4O2/c11-7-8-2-3-9(14(15)16)10(6-8)13-5-1-4-12-13/h1-6H. The van der Waals surface area contributed by atoms with E-state index in [1.165, 1.54) is 29.1 Å². The summed E-state index contributed by atoms with van der Waals surface area (Å²) in [6.07, 6.45) is 3.10. The maximum absolute atomic E-state index is 10.8. The van der Waals surface area contributed by atoms with Crippen molar-refractivity contribution in [3.05, 3.63) is 52.3 Å². The Kier molecular flexibility index (Phi) is 2.36. The van der Waals surface area contributed by atoms with Gasteiger partial charge >= 0.3 is 0 Å². The van der Waals surface area contributed by atoms with Crippen molar-refractivity contribution in [3.63, 3.8) is 0 Å². The molecule has 2 aromatic rings. The lowest BCUT2D eigenvalue weighted by molar-refractivity contribution is -0.384. The van der Waals surface area contributed by atoms with E-state index in [2.05, 4.69) is 5.10 Å². The maximum Gasteiger partial charge on any atom is 0.294 e. The van der Waals surface area contributed by atoms with Gasteiger partial charge in [0.05, 0.1) is 16.6 Å². The summed E-state index contributed by atoms with van der Waals surface area (Å²) in [5.41, 5.74) is 0.563. The maximum atomic E-state index is 10.8. The molecule has 0 radical (unpaired) electrons. The Morgan fingerprint density at radius 3 is 2.88 bits per heavy atom. The predicted octanol–water partition coefficient (Wildman–Crippen LogP) is 1.65. The minimum Gasteiger partial charge on any atom is -0.258 e. The van der Waals surface area contributed by atoms with Gasteiger partial charge in [-0.1, -0.05) is 0 Å². The molecule has 6 nitrogen and oxygen atoms in total. The summed E-state index contributed by atoms with van der Waals surface area (Å²) in [7, 11) is 0. The van der Waals surface area contributed by atoms with E-state index < -0.39 is 4.92 Å². The van der Waals surface area contributed by atoms with Gasteiger partial charge in [-0.05, 0) is 18.2 Å². The van der Waals surface area contributed by atoms with Gasteiger partial charge in [0.2, 0.25) is 0 Å². The van der Waals surface area contributed by atoms with Crippen molar-refractivity contribution in [2.75, 3.05) is 0 Å². The van der Waals surface area contributed by atoms with Crippen molar-refractivity contribution in [1.29, 1.82) is 5.26 Å². The lowest BCUT2D eigenvalue weighted by Gasteiger charge is -2.02. The van der Waals surface area contributed by atoms with Gasteiger partial charge in [-0.2, -0.15) is 10.4 Å². The molecule has 2 rings (SSSR count). The van der Waals surface area contributed by atoms with Crippen LogP contribution in [0.2, 0.25) is 0 Å². The van der Waals surface area contributed by atoms with Crippen LogP contribution in [0.5, 0.6) is 0 Å². The first-order chi connectivity index (χ1) is 7.72. The van der Waals surface area contributed by atoms with Crippen molar-refractivity contribution in [2.24, 2.45) is 0 Å². The number of nitro groups is 1. The van der Waals surface area contributed by atoms with E-state index >= 15 is 0 Å². The predicted molar refractivity (Wildman–Crippen MR) is 54.9 cm³/mol. The molecule has 0 aliphatic carbocycles. The summed E-state index contributed by atoms with van der Waals surface area (Å²) < 4.78 is 1.36. The third kappa shape index (κ3) is 1.62. The van der Waals surface area contributed by atoms with Crippen molar-refractivity contribution in [2.45, 2.75) is 0 Å². The van der Waals surface area contributed by atoms with Crippen LogP contribution < -0.4 is 0 Å². The molecule has 78 valence electrons. The Bertz CT molecular complexity index is 569. The Morgan fingerprint density at radius 2 is 2.31 bits per heavy atom. The first kappa shape index (κ1) is 9.86. The van der Waals surface area contributed by atoms with Crippen molar-refractivity contribution in [1.82, 2.24) is 9.78 Å². The number of hydrogen-bond acceptors (Lipinski definition) is 4. The van der Waals surface area contributed by atoms with Gasteiger partial charge < -0.3 is 0 Å². The number of aromatic nitrogens is 2. The van der Waals surface area contributed by atoms with Crippen molar-refractivity contribution >= 4 is 5.69 Å². The first-order valence-corrected chi connectivity index (χ1v) is 4.41. The van der Waals surface area contributed by atoms with Crippen LogP contribution in [-0.4, -0.2) is 14.7 Å². The van der Waals surface area contributed by atoms with Gasteiger partial charge in [0.25, 0.3) is 5.69 Å². The molecule has 0 atom stereocenters. The lowest BCUT2D eigenvalue weighted by Crippen LogP contribution is -2.01. The van der Waals surface area contributed by atoms with Crippen LogP contribution in [-0.2, 0) is 0 Å². The highest BCUT2D eigenvalue weighted by molar-refractivity contribution is 5.55. The van der Waals surface area contributed by atoms with Gasteiger partial charge in [0.15, 0.2) is 0 Å². The second-order valence-electron chi connectivity index (χ2n) is 3.02. The van der Waals surface area contributed by atoms with Gasteiger partial charge in [-0.3, -0.25) is 10.1 Å². The molecule has 1 aromatic heterocycles. The Morgan fingerprint density at radius 1 is 1.50 bits per heavy atom. The summed E-state index contributed by atoms with van der Waals surface area (Å²) in [6.45, 7) is 0. The molecular formula is C10H6N4O2. The van der Waals surface area contributed by atoms with Crippen LogP contribution in [0, 0.1) is 21.4 Å². The molecule has 0 aliphatic rings. The van der Waals surface area contributed by atoms with Gasteiger partial charge in [0.1, 0.15) is 5.69 Å². The molecular weight excluding hydrogens is 208 g/mol. The summed E-state index contributed by atoms with van der Waals surface area (Å²) >= 11 is 0. The molecule has 0 spiro atoms. The molecule has 16 heavy (non-hydrogen) atoms. The second kappa shape index (κ2) is 3.82. The number of hydrogen-bond donors (Lipinski definition) is 0. The Hall–Kier alpha value is -2.68. The summed E-state index contributed by atoms with van der Waals surface area (Å²) in [5, 5.41) is 23.4. The monoisotopic (exact) mass is 214 g/mol. The molecule has 1 heterocycles. The Balaban J connectivity index is 2.65. The van der Waals surface area contributed by atoms with E-state index in [4.69, 9.17) is 5.26 Å². The largest absolute Gasteiger partial charge is 0.294 e. The molecule has 0 aliphatic heterocycles. The fourth-order valence-corrected chi connectivity index (χ4v) is 1.34. The van der Waals surface area contributed by atoms with Gasteiger partial charge in [0, 0.05) is 18.5 Å². The zero-order chi connectivity index (χ0) is 11.5. The topological polar surface area (TPSA) is 84.7 Å². The normalized spacial score (nSPS) is 9.69. The highest BCUT2D eigenvalue weighted by Gasteiger charge is 2.15. The molecule has 0 amide bonds. The van der Waals surface area contributed by atoms with Gasteiger partial charge in [-0.25, -0.2) is 4.68 Å². The van der Waals surface area contributed by atoms with E-state index in [-0.39, 0.29) is 11.4 Å². The molecule has 0 bridgehead atoms. The minimum atomic E-state index is -0.502. The third-order valence-corrected chi connectivity index (χ3v) is 2.05. The molecule has 0 saturated carbocycles. The fraction of sp³-hybridized carbons (Fsp3) is 0. The van der Waals surface area contributed by atoms with Gasteiger partial charge in [-0.15, -0.1) is 0 Å². The molecule has 0 N–H and O–H groups in total. The average Bonchev–Trinajstić information content (AvgIpc) is 2.81. The molecule has 6 heteroatoms. The van der Waals surface area contributed by atoms with Crippen LogP contribution in [0.25, 0.3) is 5.69 Å². The van der Waals surface area contributed by atoms with E-state index in [0.29, 0.717) is 5.56 Å². The number of nitrogens with zero attached hydrogens (tertiary/aromatic N) is 4. The third-order valence-electron chi connectivity index (χ3n) is 2.05. The zero-order valence-corrected chi connectivity index (χ0v) is 8.07. The number of rotatable bonds is 2. The average molecular weight is 214 g/mol. The van der Waals surface area contributed by atoms with Crippen molar-refractivity contribution in [3.8, 4) is 11.8 Å². The van der Waals surface area contributed by atoms with Crippen LogP contribution in [0.1, 0.15) is 5.56 Å². The van der Waals surface area contributed by atoms with E-state index in [0.717, 1.165) is 0 Å². The summed E-state index contributed by atoms with van der Waals surface area (Å²) in [6, 6.07) is 7.73. The minimum absolute atomic E-state index is 0.0808. The summed E-state index contributed by atoms with van der Waals surface area (Å²) in [4.78, 5) is 10.3.